The lowest BCUT2D eigenvalue weighted by atomic mass is 10.0. The van der Waals surface area contributed by atoms with Crippen molar-refractivity contribution in [1.29, 1.82) is 0 Å². The van der Waals surface area contributed by atoms with Crippen molar-refractivity contribution in [3.8, 4) is 0 Å². The van der Waals surface area contributed by atoms with E-state index in [2.05, 4.69) is 24.5 Å². The fourth-order valence-electron chi connectivity index (χ4n) is 3.57. The van der Waals surface area contributed by atoms with Crippen LogP contribution < -0.4 is 15.5 Å². The Bertz CT molecular complexity index is 936. The van der Waals surface area contributed by atoms with Crippen LogP contribution in [-0.4, -0.2) is 24.1 Å². The number of anilines is 2. The number of alkyl halides is 3. The van der Waals surface area contributed by atoms with E-state index >= 15 is 0 Å². The average molecular weight is 450 g/mol. The molecule has 166 valence electrons. The predicted octanol–water partition coefficient (Wildman–Crippen LogP) is 5.95. The maximum Gasteiger partial charge on any atom is 0.416 e. The lowest BCUT2D eigenvalue weighted by molar-refractivity contribution is -0.137. The van der Waals surface area contributed by atoms with Gasteiger partial charge >= 0.3 is 6.18 Å². The molecule has 0 unspecified atom stereocenters. The highest BCUT2D eigenvalue weighted by Crippen LogP contribution is 2.36. The van der Waals surface area contributed by atoms with Crippen LogP contribution in [0, 0.1) is 0 Å². The van der Waals surface area contributed by atoms with Crippen molar-refractivity contribution >= 4 is 34.6 Å². The summed E-state index contributed by atoms with van der Waals surface area (Å²) in [6.45, 7) is 5.65. The van der Waals surface area contributed by atoms with Crippen molar-refractivity contribution in [3.63, 3.8) is 0 Å². The molecule has 1 fully saturated rings. The second-order valence-electron chi connectivity index (χ2n) is 7.96. The van der Waals surface area contributed by atoms with Gasteiger partial charge in [0.2, 0.25) is 0 Å². The molecule has 0 saturated carbocycles. The molecule has 31 heavy (non-hydrogen) atoms. The number of rotatable bonds is 4. The van der Waals surface area contributed by atoms with Crippen LogP contribution in [0.15, 0.2) is 42.5 Å². The van der Waals surface area contributed by atoms with Crippen molar-refractivity contribution in [1.82, 2.24) is 5.32 Å². The number of nitrogens with one attached hydrogen (secondary N) is 2. The maximum atomic E-state index is 13.3. The molecule has 2 aromatic carbocycles. The normalized spacial score (nSPS) is 14.5. The first-order chi connectivity index (χ1) is 14.6. The Morgan fingerprint density at radius 3 is 2.26 bits per heavy atom. The van der Waals surface area contributed by atoms with E-state index in [1.807, 2.05) is 17.0 Å². The van der Waals surface area contributed by atoms with Gasteiger partial charge in [-0.25, -0.2) is 0 Å². The molecule has 1 saturated heterocycles. The van der Waals surface area contributed by atoms with Crippen molar-refractivity contribution < 1.29 is 18.0 Å². The monoisotopic (exact) mass is 449 g/mol. The summed E-state index contributed by atoms with van der Waals surface area (Å²) in [7, 11) is 0. The third-order valence-electron chi connectivity index (χ3n) is 5.34. The van der Waals surface area contributed by atoms with E-state index in [1.54, 1.807) is 12.1 Å². The van der Waals surface area contributed by atoms with Crippen LogP contribution in [0.5, 0.6) is 0 Å². The number of hydrogen-bond donors (Lipinski definition) is 2. The Balaban J connectivity index is 1.77. The van der Waals surface area contributed by atoms with Gasteiger partial charge in [-0.15, -0.1) is 0 Å². The van der Waals surface area contributed by atoms with Crippen LogP contribution in [0.4, 0.5) is 24.5 Å². The fourth-order valence-corrected chi connectivity index (χ4v) is 3.77. The van der Waals surface area contributed by atoms with E-state index in [9.17, 15) is 18.0 Å². The Labute approximate surface area is 185 Å². The van der Waals surface area contributed by atoms with Gasteiger partial charge in [-0.2, -0.15) is 13.2 Å². The number of hydrogen-bond acceptors (Lipinski definition) is 3. The van der Waals surface area contributed by atoms with Gasteiger partial charge in [0.25, 0.3) is 5.91 Å². The average Bonchev–Trinajstić information content (AvgIpc) is 2.73. The van der Waals surface area contributed by atoms with Crippen molar-refractivity contribution in [2.45, 2.75) is 45.2 Å². The number of nitrogens with zero attached hydrogens (tertiary/aromatic N) is 1. The molecule has 1 aliphatic heterocycles. The second-order valence-corrected chi connectivity index (χ2v) is 8.37. The molecule has 2 aromatic rings. The molecule has 0 spiro atoms. The van der Waals surface area contributed by atoms with Gasteiger partial charge in [0, 0.05) is 18.7 Å². The molecule has 0 radical (unpaired) electrons. The number of thiocarbonyl (C=S) groups is 1. The van der Waals surface area contributed by atoms with Gasteiger partial charge in [-0.1, -0.05) is 26.0 Å². The zero-order valence-corrected chi connectivity index (χ0v) is 18.4. The molecule has 1 aliphatic rings. The first-order valence-corrected chi connectivity index (χ1v) is 10.7. The van der Waals surface area contributed by atoms with Gasteiger partial charge in [0.1, 0.15) is 0 Å². The molecule has 4 nitrogen and oxygen atoms in total. The molecule has 1 heterocycles. The Morgan fingerprint density at radius 2 is 1.68 bits per heavy atom. The van der Waals surface area contributed by atoms with E-state index in [1.165, 1.54) is 6.07 Å². The minimum absolute atomic E-state index is 0.0458. The topological polar surface area (TPSA) is 44.4 Å². The van der Waals surface area contributed by atoms with Crippen LogP contribution in [0.3, 0.4) is 0 Å². The predicted molar refractivity (Wildman–Crippen MR) is 122 cm³/mol. The smallest absolute Gasteiger partial charge is 0.370 e. The minimum atomic E-state index is -4.47. The van der Waals surface area contributed by atoms with E-state index in [-0.39, 0.29) is 10.8 Å². The molecule has 2 N–H and O–H groups in total. The quantitative estimate of drug-likeness (QED) is 0.567. The first kappa shape index (κ1) is 23.1. The zero-order chi connectivity index (χ0) is 22.6. The summed E-state index contributed by atoms with van der Waals surface area (Å²) in [5.41, 5.74) is 1.64. The zero-order valence-electron chi connectivity index (χ0n) is 17.6. The van der Waals surface area contributed by atoms with Crippen LogP contribution in [0.1, 0.15) is 60.5 Å². The van der Waals surface area contributed by atoms with Gasteiger partial charge in [-0.05, 0) is 73.3 Å². The highest BCUT2D eigenvalue weighted by Gasteiger charge is 2.31. The number of piperidine rings is 1. The lowest BCUT2D eigenvalue weighted by Crippen LogP contribution is -2.35. The SMILES string of the molecule is CC(C)c1ccc(C(=O)NC(=S)Nc2cc(C(F)(F)F)ccc2N2CCCCC2)cc1. The van der Waals surface area contributed by atoms with Gasteiger partial charge in [0.15, 0.2) is 5.11 Å². The molecule has 0 atom stereocenters. The molecule has 0 aliphatic carbocycles. The molecular formula is C23H26F3N3OS. The van der Waals surface area contributed by atoms with Gasteiger partial charge in [-0.3, -0.25) is 10.1 Å². The number of amides is 1. The summed E-state index contributed by atoms with van der Waals surface area (Å²) in [5, 5.41) is 5.33. The Kier molecular flexibility index (Phi) is 7.20. The molecular weight excluding hydrogens is 423 g/mol. The van der Waals surface area contributed by atoms with Crippen LogP contribution in [0.2, 0.25) is 0 Å². The number of halogens is 3. The molecule has 0 aromatic heterocycles. The summed E-state index contributed by atoms with van der Waals surface area (Å²) >= 11 is 5.23. The Morgan fingerprint density at radius 1 is 1.03 bits per heavy atom. The van der Waals surface area contributed by atoms with Crippen LogP contribution in [0.25, 0.3) is 0 Å². The second kappa shape index (κ2) is 9.68. The van der Waals surface area contributed by atoms with Crippen molar-refractivity contribution in [2.75, 3.05) is 23.3 Å². The number of benzene rings is 2. The van der Waals surface area contributed by atoms with Gasteiger partial charge < -0.3 is 10.2 Å². The Hall–Kier alpha value is -2.61. The van der Waals surface area contributed by atoms with Gasteiger partial charge in [0.05, 0.1) is 16.9 Å². The van der Waals surface area contributed by atoms with Crippen molar-refractivity contribution in [2.24, 2.45) is 0 Å². The first-order valence-electron chi connectivity index (χ1n) is 10.3. The highest BCUT2D eigenvalue weighted by molar-refractivity contribution is 7.80. The minimum Gasteiger partial charge on any atom is -0.370 e. The summed E-state index contributed by atoms with van der Waals surface area (Å²) in [6.07, 6.45) is -1.41. The fraction of sp³-hybridized carbons (Fsp3) is 0.391. The maximum absolute atomic E-state index is 13.3. The summed E-state index contributed by atoms with van der Waals surface area (Å²) < 4.78 is 39.8. The van der Waals surface area contributed by atoms with Crippen LogP contribution >= 0.6 is 12.2 Å². The summed E-state index contributed by atoms with van der Waals surface area (Å²) in [6, 6.07) is 10.7. The lowest BCUT2D eigenvalue weighted by Gasteiger charge is -2.31. The number of carbonyl (C=O) groups excluding carboxylic acids is 1. The van der Waals surface area contributed by atoms with Crippen molar-refractivity contribution in [3.05, 3.63) is 59.2 Å². The third kappa shape index (κ3) is 5.97. The van der Waals surface area contributed by atoms with E-state index in [4.69, 9.17) is 12.2 Å². The molecule has 1 amide bonds. The molecule has 0 bridgehead atoms. The summed E-state index contributed by atoms with van der Waals surface area (Å²) in [5.74, 6) is -0.0757. The third-order valence-corrected chi connectivity index (χ3v) is 5.54. The van der Waals surface area contributed by atoms with E-state index in [0.29, 0.717) is 17.2 Å². The summed E-state index contributed by atoms with van der Waals surface area (Å²) in [4.78, 5) is 14.6. The molecule has 3 rings (SSSR count). The van der Waals surface area contributed by atoms with E-state index < -0.39 is 17.6 Å². The van der Waals surface area contributed by atoms with Crippen LogP contribution in [-0.2, 0) is 6.18 Å². The largest absolute Gasteiger partial charge is 0.416 e. The van der Waals surface area contributed by atoms with E-state index in [0.717, 1.165) is 50.0 Å². The standard InChI is InChI=1S/C23H26F3N3OS/c1-15(2)16-6-8-17(9-7-16)21(30)28-22(31)27-19-14-18(23(24,25)26)10-11-20(19)29-12-4-3-5-13-29/h6-11,14-15H,3-5,12-13H2,1-2H3,(H2,27,28,30,31). The number of carbonyl (C=O) groups is 1. The molecule has 8 heteroatoms. The highest BCUT2D eigenvalue weighted by atomic mass is 32.1.